The number of aromatic nitrogens is 1. The van der Waals surface area contributed by atoms with Crippen molar-refractivity contribution in [3.8, 4) is 17.2 Å². The zero-order valence-corrected chi connectivity index (χ0v) is 26.1. The molecule has 3 N–H and O–H groups in total. The van der Waals surface area contributed by atoms with E-state index < -0.39 is 40.8 Å². The van der Waals surface area contributed by atoms with Gasteiger partial charge in [0.25, 0.3) is 5.91 Å². The first-order chi connectivity index (χ1) is 22.2. The Hall–Kier alpha value is -5.08. The van der Waals surface area contributed by atoms with Gasteiger partial charge in [-0.2, -0.15) is 0 Å². The third kappa shape index (κ3) is 5.84. The fourth-order valence-corrected chi connectivity index (χ4v) is 7.99. The van der Waals surface area contributed by atoms with Gasteiger partial charge in [-0.3, -0.25) is 19.2 Å². The molecule has 0 unspecified atom stereocenters. The van der Waals surface area contributed by atoms with Crippen LogP contribution in [-0.4, -0.2) is 59.4 Å². The molecule has 14 heteroatoms. The number of fused-ring (bicyclic) bond motifs is 2. The summed E-state index contributed by atoms with van der Waals surface area (Å²) in [5, 5.41) is 11.8. The molecule has 3 amide bonds. The summed E-state index contributed by atoms with van der Waals surface area (Å²) in [6.45, 7) is 1.58. The summed E-state index contributed by atoms with van der Waals surface area (Å²) in [5.74, 6) is -2.68. The summed E-state index contributed by atoms with van der Waals surface area (Å²) in [6, 6.07) is 17.1. The van der Waals surface area contributed by atoms with Crippen molar-refractivity contribution >= 4 is 58.2 Å². The number of carbonyl (C=O) groups is 4. The van der Waals surface area contributed by atoms with Crippen LogP contribution in [0.1, 0.15) is 33.6 Å². The molecule has 46 heavy (non-hydrogen) atoms. The van der Waals surface area contributed by atoms with E-state index in [0.29, 0.717) is 32.4 Å². The number of nitrogens with one attached hydrogen (secondary N) is 2. The number of thiazole rings is 1. The van der Waals surface area contributed by atoms with Gasteiger partial charge in [0.2, 0.25) is 11.8 Å². The van der Waals surface area contributed by atoms with Crippen molar-refractivity contribution in [3.63, 3.8) is 0 Å². The number of imide groups is 1. The number of phenolic OH excluding ortho intramolecular Hbond substituents is 1. The van der Waals surface area contributed by atoms with Crippen LogP contribution in [-0.2, 0) is 19.1 Å². The molecular formula is C32H27N3O9S2. The summed E-state index contributed by atoms with van der Waals surface area (Å²) in [4.78, 5) is 69.1. The van der Waals surface area contributed by atoms with E-state index in [4.69, 9.17) is 14.2 Å². The maximum Gasteiger partial charge on any atom is 0.338 e. The quantitative estimate of drug-likeness (QED) is 0.135. The molecule has 4 aromatic rings. The third-order valence-corrected chi connectivity index (χ3v) is 9.92. The number of aromatic hydroxyl groups is 1. The third-order valence-electron chi connectivity index (χ3n) is 7.52. The van der Waals surface area contributed by atoms with Crippen LogP contribution in [0.25, 0.3) is 0 Å². The minimum Gasteiger partial charge on any atom is -0.508 e. The second kappa shape index (κ2) is 12.7. The minimum absolute atomic E-state index is 0.0714. The number of methoxy groups -OCH3 is 1. The van der Waals surface area contributed by atoms with Gasteiger partial charge in [-0.05, 0) is 73.2 Å². The molecular weight excluding hydrogens is 634 g/mol. The van der Waals surface area contributed by atoms with Crippen molar-refractivity contribution < 1.29 is 38.5 Å². The van der Waals surface area contributed by atoms with Gasteiger partial charge < -0.3 is 29.6 Å². The molecule has 0 radical (unpaired) electrons. The molecule has 3 atom stereocenters. The predicted molar refractivity (Wildman–Crippen MR) is 170 cm³/mol. The highest BCUT2D eigenvalue weighted by Crippen LogP contribution is 2.53. The highest BCUT2D eigenvalue weighted by molar-refractivity contribution is 8.00. The molecule has 3 aromatic carbocycles. The Labute approximate surface area is 270 Å². The Morgan fingerprint density at radius 1 is 0.978 bits per heavy atom. The Balaban J connectivity index is 1.27. The smallest absolute Gasteiger partial charge is 0.338 e. The van der Waals surface area contributed by atoms with Gasteiger partial charge >= 0.3 is 10.8 Å². The predicted octanol–water partition coefficient (Wildman–Crippen LogP) is 4.14. The lowest BCUT2D eigenvalue weighted by molar-refractivity contribution is -0.122. The maximum absolute atomic E-state index is 14.0. The molecule has 2 aliphatic rings. The fraction of sp³-hybridized carbons (Fsp3) is 0.219. The number of nitrogens with zero attached hydrogens (tertiary/aromatic N) is 1. The van der Waals surface area contributed by atoms with E-state index in [1.807, 2.05) is 0 Å². The van der Waals surface area contributed by atoms with E-state index in [9.17, 15) is 29.1 Å². The molecule has 12 nitrogen and oxygen atoms in total. The Morgan fingerprint density at radius 2 is 1.72 bits per heavy atom. The molecule has 1 aromatic heterocycles. The zero-order valence-electron chi connectivity index (χ0n) is 24.5. The van der Waals surface area contributed by atoms with Crippen LogP contribution >= 0.6 is 23.1 Å². The van der Waals surface area contributed by atoms with Crippen LogP contribution in [0.2, 0.25) is 0 Å². The second-order valence-electron chi connectivity index (χ2n) is 10.3. The summed E-state index contributed by atoms with van der Waals surface area (Å²) < 4.78 is 16.3. The van der Waals surface area contributed by atoms with Gasteiger partial charge in [-0.1, -0.05) is 29.2 Å². The van der Waals surface area contributed by atoms with Gasteiger partial charge in [0.15, 0.2) is 18.1 Å². The minimum atomic E-state index is -0.839. The maximum atomic E-state index is 14.0. The van der Waals surface area contributed by atoms with Gasteiger partial charge in [0.1, 0.15) is 11.0 Å². The molecule has 0 saturated carbocycles. The number of benzene rings is 3. The topological polar surface area (TPSA) is 164 Å². The van der Waals surface area contributed by atoms with Crippen molar-refractivity contribution in [1.82, 2.24) is 4.98 Å². The first-order valence-electron chi connectivity index (χ1n) is 14.1. The van der Waals surface area contributed by atoms with E-state index in [0.717, 1.165) is 28.0 Å². The molecule has 1 saturated heterocycles. The lowest BCUT2D eigenvalue weighted by atomic mass is 9.83. The number of thioether (sulfide) groups is 1. The Kier molecular flexibility index (Phi) is 8.56. The number of rotatable bonds is 9. The Morgan fingerprint density at radius 3 is 2.41 bits per heavy atom. The van der Waals surface area contributed by atoms with E-state index in [1.54, 1.807) is 37.3 Å². The number of hydrogen-bond acceptors (Lipinski definition) is 11. The number of amides is 3. The number of carbonyl (C=O) groups excluding carboxylic acids is 4. The molecule has 0 spiro atoms. The number of phenols is 1. The average molecular weight is 662 g/mol. The molecule has 6 rings (SSSR count). The molecule has 236 valence electrons. The summed E-state index contributed by atoms with van der Waals surface area (Å²) in [5.41, 5.74) is 1.71. The first-order valence-corrected chi connectivity index (χ1v) is 15.8. The van der Waals surface area contributed by atoms with E-state index in [-0.39, 0.29) is 35.3 Å². The lowest BCUT2D eigenvalue weighted by Gasteiger charge is -2.30. The monoisotopic (exact) mass is 661 g/mol. The van der Waals surface area contributed by atoms with E-state index in [1.165, 1.54) is 43.5 Å². The van der Waals surface area contributed by atoms with Crippen molar-refractivity contribution in [2.45, 2.75) is 23.1 Å². The highest BCUT2D eigenvalue weighted by Gasteiger charge is 2.56. The van der Waals surface area contributed by atoms with Crippen molar-refractivity contribution in [1.29, 1.82) is 0 Å². The largest absolute Gasteiger partial charge is 0.508 e. The van der Waals surface area contributed by atoms with Crippen LogP contribution in [0, 0.1) is 5.92 Å². The number of esters is 1. The standard InChI is InChI=1S/C32H27N3O9S2/c1-3-43-31(40)16-4-9-19(10-5-16)35-29(38)25-24(26-28(34-32(41)46-26)45-27(25)30(35)39)17-6-13-21(22(14-17)42-2)44-15-23(37)33-18-7-11-20(36)12-8-18/h4-14,24-25,27,36H,3,15H2,1-2H3,(H,33,37)(H,34,41)/t24-,25-,27+/m0/s1. The summed E-state index contributed by atoms with van der Waals surface area (Å²) >= 11 is 2.13. The number of anilines is 2. The van der Waals surface area contributed by atoms with Crippen molar-refractivity contribution in [2.24, 2.45) is 5.92 Å². The van der Waals surface area contributed by atoms with Gasteiger partial charge in [0, 0.05) is 16.5 Å². The van der Waals surface area contributed by atoms with E-state index >= 15 is 0 Å². The normalized spacial score (nSPS) is 18.5. The number of aromatic amines is 1. The van der Waals surface area contributed by atoms with Crippen LogP contribution in [0.15, 0.2) is 76.6 Å². The summed E-state index contributed by atoms with van der Waals surface area (Å²) in [7, 11) is 1.44. The van der Waals surface area contributed by atoms with Crippen LogP contribution in [0.3, 0.4) is 0 Å². The Bertz CT molecular complexity index is 1890. The van der Waals surface area contributed by atoms with Crippen LogP contribution in [0.4, 0.5) is 11.4 Å². The zero-order chi connectivity index (χ0) is 32.5. The van der Waals surface area contributed by atoms with Gasteiger partial charge in [-0.15, -0.1) is 0 Å². The first kappa shape index (κ1) is 30.9. The van der Waals surface area contributed by atoms with Gasteiger partial charge in [-0.25, -0.2) is 9.69 Å². The van der Waals surface area contributed by atoms with E-state index in [2.05, 4.69) is 10.3 Å². The molecule has 0 aliphatic carbocycles. The number of ether oxygens (including phenoxy) is 3. The van der Waals surface area contributed by atoms with Crippen molar-refractivity contribution in [2.75, 3.05) is 30.5 Å². The molecule has 0 bridgehead atoms. The number of hydrogen-bond donors (Lipinski definition) is 3. The highest BCUT2D eigenvalue weighted by atomic mass is 32.2. The number of H-pyrrole nitrogens is 1. The lowest BCUT2D eigenvalue weighted by Crippen LogP contribution is -2.32. The molecule has 1 fully saturated rings. The molecule has 2 aliphatic heterocycles. The van der Waals surface area contributed by atoms with Gasteiger partial charge in [0.05, 0.1) is 35.9 Å². The van der Waals surface area contributed by atoms with Crippen molar-refractivity contribution in [3.05, 3.63) is 92.4 Å². The summed E-state index contributed by atoms with van der Waals surface area (Å²) in [6.07, 6.45) is 0. The van der Waals surface area contributed by atoms with Crippen LogP contribution in [0.5, 0.6) is 17.2 Å². The SMILES string of the molecule is CCOC(=O)c1ccc(N2C(=O)[C@H]3[C@H](c4ccc(OCC(=O)Nc5ccc(O)cc5)c(OC)c4)c4sc(=O)[nH]c4S[C@H]3C2=O)cc1. The fourth-order valence-electron chi connectivity index (χ4n) is 5.47. The second-order valence-corrected chi connectivity index (χ2v) is 12.5. The molecule has 3 heterocycles. The average Bonchev–Trinajstić information content (AvgIpc) is 3.55. The van der Waals surface area contributed by atoms with Crippen LogP contribution < -0.4 is 24.6 Å².